The fourth-order valence-corrected chi connectivity index (χ4v) is 4.88. The lowest BCUT2D eigenvalue weighted by molar-refractivity contribution is -0.126. The number of thiocarbonyl (C=S) groups is 1. The third-order valence-corrected chi connectivity index (χ3v) is 6.53. The summed E-state index contributed by atoms with van der Waals surface area (Å²) in [6.07, 6.45) is 3.41. The summed E-state index contributed by atoms with van der Waals surface area (Å²) in [5.74, 6) is -1.48. The van der Waals surface area contributed by atoms with Gasteiger partial charge in [-0.2, -0.15) is 0 Å². The van der Waals surface area contributed by atoms with Crippen LogP contribution in [0.4, 0.5) is 11.4 Å². The molecule has 31 heavy (non-hydrogen) atoms. The number of hydrogen-bond acceptors (Lipinski definition) is 4. The predicted octanol–water partition coefficient (Wildman–Crippen LogP) is 3.10. The molecule has 2 amide bonds. The molecule has 4 atom stereocenters. The zero-order valence-electron chi connectivity index (χ0n) is 17.3. The van der Waals surface area contributed by atoms with Crippen molar-refractivity contribution in [2.75, 3.05) is 16.8 Å². The van der Waals surface area contributed by atoms with Crippen LogP contribution in [-0.4, -0.2) is 35.2 Å². The lowest BCUT2D eigenvalue weighted by Gasteiger charge is -2.29. The number of amides is 2. The van der Waals surface area contributed by atoms with E-state index >= 15 is 0 Å². The Balaban J connectivity index is 1.33. The molecule has 0 radical (unpaired) electrons. The average Bonchev–Trinajstić information content (AvgIpc) is 3.40. The molecule has 2 aromatic carbocycles. The monoisotopic (exact) mass is 433 g/mol. The second-order valence-electron chi connectivity index (χ2n) is 8.42. The molecule has 2 fully saturated rings. The topological polar surface area (TPSA) is 70.7 Å². The van der Waals surface area contributed by atoms with Gasteiger partial charge >= 0.3 is 0 Å². The van der Waals surface area contributed by atoms with Crippen molar-refractivity contribution in [3.63, 3.8) is 0 Å². The number of nitrogens with zero attached hydrogens (tertiary/aromatic N) is 1. The normalized spacial score (nSPS) is 28.2. The summed E-state index contributed by atoms with van der Waals surface area (Å²) in [5, 5.41) is 6.76. The van der Waals surface area contributed by atoms with Gasteiger partial charge in [0.05, 0.1) is 30.2 Å². The van der Waals surface area contributed by atoms with Crippen LogP contribution < -0.4 is 15.5 Å². The van der Waals surface area contributed by atoms with Crippen LogP contribution in [0.25, 0.3) is 0 Å². The fraction of sp³-hybridized carbons (Fsp3) is 0.292. The van der Waals surface area contributed by atoms with Crippen LogP contribution in [-0.2, 0) is 14.3 Å². The quantitative estimate of drug-likeness (QED) is 0.439. The molecule has 0 saturated carbocycles. The Hall–Kier alpha value is -3.03. The van der Waals surface area contributed by atoms with E-state index in [0.29, 0.717) is 17.3 Å². The Morgan fingerprint density at radius 2 is 1.68 bits per heavy atom. The van der Waals surface area contributed by atoms with Crippen molar-refractivity contribution in [3.8, 4) is 0 Å². The molecule has 2 saturated heterocycles. The summed E-state index contributed by atoms with van der Waals surface area (Å²) in [4.78, 5) is 27.8. The first kappa shape index (κ1) is 19.9. The summed E-state index contributed by atoms with van der Waals surface area (Å²) in [5.41, 5.74) is 2.83. The number of aryl methyl sites for hydroxylation is 2. The molecule has 3 aliphatic heterocycles. The third kappa shape index (κ3) is 3.25. The van der Waals surface area contributed by atoms with Crippen LogP contribution in [0.15, 0.2) is 60.7 Å². The van der Waals surface area contributed by atoms with Crippen LogP contribution in [0.1, 0.15) is 11.1 Å². The highest BCUT2D eigenvalue weighted by atomic mass is 32.1. The molecule has 2 N–H and O–H groups in total. The van der Waals surface area contributed by atoms with Crippen molar-refractivity contribution in [1.29, 1.82) is 0 Å². The van der Waals surface area contributed by atoms with Crippen molar-refractivity contribution in [2.45, 2.75) is 25.6 Å². The smallest absolute Gasteiger partial charge is 0.241 e. The van der Waals surface area contributed by atoms with Gasteiger partial charge in [-0.3, -0.25) is 9.59 Å². The maximum absolute atomic E-state index is 13.4. The van der Waals surface area contributed by atoms with Crippen LogP contribution in [0.3, 0.4) is 0 Å². The highest BCUT2D eigenvalue weighted by Crippen LogP contribution is 2.52. The number of ether oxygens (including phenoxy) is 1. The van der Waals surface area contributed by atoms with E-state index in [-0.39, 0.29) is 11.8 Å². The third-order valence-electron chi connectivity index (χ3n) is 6.28. The number of hydrogen-bond donors (Lipinski definition) is 2. The number of fused-ring (bicyclic) bond motifs is 5. The van der Waals surface area contributed by atoms with Gasteiger partial charge in [0.15, 0.2) is 5.11 Å². The largest absolute Gasteiger partial charge is 0.360 e. The first-order valence-electron chi connectivity index (χ1n) is 10.3. The molecule has 0 spiro atoms. The van der Waals surface area contributed by atoms with E-state index < -0.39 is 23.5 Å². The molecule has 6 nitrogen and oxygen atoms in total. The van der Waals surface area contributed by atoms with Gasteiger partial charge in [0.2, 0.25) is 11.8 Å². The lowest BCUT2D eigenvalue weighted by atomic mass is 9.77. The summed E-state index contributed by atoms with van der Waals surface area (Å²) >= 11 is 5.43. The molecule has 2 aromatic rings. The Morgan fingerprint density at radius 1 is 1.03 bits per heavy atom. The molecule has 3 heterocycles. The number of imide groups is 1. The number of carbonyl (C=O) groups excluding carboxylic acids is 2. The van der Waals surface area contributed by atoms with Gasteiger partial charge < -0.3 is 15.4 Å². The summed E-state index contributed by atoms with van der Waals surface area (Å²) < 4.78 is 6.16. The van der Waals surface area contributed by atoms with Crippen LogP contribution in [0.2, 0.25) is 0 Å². The Bertz CT molecular complexity index is 1100. The van der Waals surface area contributed by atoms with Gasteiger partial charge in [0.1, 0.15) is 5.60 Å². The maximum atomic E-state index is 13.4. The van der Waals surface area contributed by atoms with Crippen molar-refractivity contribution in [3.05, 3.63) is 71.8 Å². The van der Waals surface area contributed by atoms with Gasteiger partial charge in [0, 0.05) is 5.69 Å². The Morgan fingerprint density at radius 3 is 2.35 bits per heavy atom. The number of carbonyl (C=O) groups is 2. The minimum absolute atomic E-state index is 0.199. The fourth-order valence-electron chi connectivity index (χ4n) is 4.69. The first-order valence-corrected chi connectivity index (χ1v) is 10.7. The lowest BCUT2D eigenvalue weighted by Crippen LogP contribution is -2.49. The molecule has 0 aliphatic carbocycles. The zero-order valence-corrected chi connectivity index (χ0v) is 18.1. The SMILES string of the molecule is Cc1ccc(NC(=S)NC[C@@]23C=C[C@@H](O2)[C@@H]2C(=O)N(c4ccc(C)cc4)C(=O)[C@H]23)cc1. The molecule has 0 unspecified atom stereocenters. The van der Waals surface area contributed by atoms with Crippen LogP contribution in [0.5, 0.6) is 0 Å². The Kier molecular flexibility index (Phi) is 4.68. The van der Waals surface area contributed by atoms with E-state index in [2.05, 4.69) is 10.6 Å². The minimum Gasteiger partial charge on any atom is -0.360 e. The van der Waals surface area contributed by atoms with Gasteiger partial charge in [-0.05, 0) is 50.3 Å². The van der Waals surface area contributed by atoms with Gasteiger partial charge in [-0.1, -0.05) is 47.5 Å². The van der Waals surface area contributed by atoms with E-state index in [1.54, 1.807) is 0 Å². The first-order chi connectivity index (χ1) is 14.9. The number of anilines is 2. The number of nitrogens with one attached hydrogen (secondary N) is 2. The highest BCUT2D eigenvalue weighted by Gasteiger charge is 2.67. The average molecular weight is 434 g/mol. The van der Waals surface area contributed by atoms with E-state index in [1.807, 2.05) is 74.5 Å². The molecule has 158 valence electrons. The zero-order chi connectivity index (χ0) is 21.8. The standard InChI is InChI=1S/C24H23N3O3S/c1-14-3-7-16(8-4-14)26-23(31)25-13-24-12-11-18(30-24)19-20(24)22(29)27(21(19)28)17-9-5-15(2)6-10-17/h3-12,18-20H,13H2,1-2H3,(H2,25,26,31)/t18-,19+,20+,24-/m1/s1. The second-order valence-corrected chi connectivity index (χ2v) is 8.83. The van der Waals surface area contributed by atoms with E-state index in [0.717, 1.165) is 11.3 Å². The van der Waals surface area contributed by atoms with Crippen molar-refractivity contribution < 1.29 is 14.3 Å². The minimum atomic E-state index is -0.888. The number of benzene rings is 2. The van der Waals surface area contributed by atoms with Crippen molar-refractivity contribution in [1.82, 2.24) is 5.32 Å². The second kappa shape index (κ2) is 7.28. The molecule has 7 heteroatoms. The van der Waals surface area contributed by atoms with Crippen LogP contribution in [0, 0.1) is 25.7 Å². The highest BCUT2D eigenvalue weighted by molar-refractivity contribution is 7.80. The summed E-state index contributed by atoms with van der Waals surface area (Å²) in [7, 11) is 0. The summed E-state index contributed by atoms with van der Waals surface area (Å²) in [6.45, 7) is 4.30. The maximum Gasteiger partial charge on any atom is 0.241 e. The summed E-state index contributed by atoms with van der Waals surface area (Å²) in [6, 6.07) is 15.3. The molecular weight excluding hydrogens is 410 g/mol. The van der Waals surface area contributed by atoms with E-state index in [1.165, 1.54) is 10.5 Å². The van der Waals surface area contributed by atoms with E-state index in [4.69, 9.17) is 17.0 Å². The van der Waals surface area contributed by atoms with Gasteiger partial charge in [-0.25, -0.2) is 4.90 Å². The Labute approximate surface area is 186 Å². The van der Waals surface area contributed by atoms with Gasteiger partial charge in [0.25, 0.3) is 0 Å². The molecule has 5 rings (SSSR count). The van der Waals surface area contributed by atoms with Gasteiger partial charge in [-0.15, -0.1) is 0 Å². The van der Waals surface area contributed by atoms with E-state index in [9.17, 15) is 9.59 Å². The predicted molar refractivity (Wildman–Crippen MR) is 123 cm³/mol. The van der Waals surface area contributed by atoms with Crippen molar-refractivity contribution in [2.24, 2.45) is 11.8 Å². The number of rotatable bonds is 4. The molecular formula is C24H23N3O3S. The molecule has 0 aromatic heterocycles. The molecule has 3 aliphatic rings. The van der Waals surface area contributed by atoms with Crippen LogP contribution >= 0.6 is 12.2 Å². The van der Waals surface area contributed by atoms with Crippen molar-refractivity contribution >= 4 is 40.5 Å². The molecule has 2 bridgehead atoms.